The van der Waals surface area contributed by atoms with Gasteiger partial charge in [0.1, 0.15) is 0 Å². The minimum Gasteiger partial charge on any atom is -0.493 e. The van der Waals surface area contributed by atoms with Crippen molar-refractivity contribution >= 4 is 5.96 Å². The van der Waals surface area contributed by atoms with Crippen LogP contribution >= 0.6 is 0 Å². The lowest BCUT2D eigenvalue weighted by molar-refractivity contribution is 0.310. The van der Waals surface area contributed by atoms with Crippen molar-refractivity contribution < 1.29 is 14.2 Å². The molecule has 28 heavy (non-hydrogen) atoms. The van der Waals surface area contributed by atoms with Gasteiger partial charge in [-0.15, -0.1) is 0 Å². The molecule has 7 nitrogen and oxygen atoms in total. The number of guanidine groups is 1. The molecule has 7 heteroatoms. The number of aromatic nitrogens is 1. The third-order valence-electron chi connectivity index (χ3n) is 4.15. The molecule has 152 valence electrons. The van der Waals surface area contributed by atoms with E-state index < -0.39 is 0 Å². The lowest BCUT2D eigenvalue weighted by atomic mass is 10.1. The number of pyridine rings is 1. The first-order valence-electron chi connectivity index (χ1n) is 9.43. The number of nitrogens with one attached hydrogen (secondary N) is 2. The van der Waals surface area contributed by atoms with Crippen LogP contribution in [0.4, 0.5) is 0 Å². The number of nitrogens with zero attached hydrogens (tertiary/aromatic N) is 2. The second kappa shape index (κ2) is 11.7. The summed E-state index contributed by atoms with van der Waals surface area (Å²) >= 11 is 0. The molecule has 0 aliphatic heterocycles. The maximum absolute atomic E-state index is 5.64. The summed E-state index contributed by atoms with van der Waals surface area (Å²) in [5.74, 6) is 2.93. The molecule has 0 radical (unpaired) electrons. The number of hydrogen-bond donors (Lipinski definition) is 2. The number of methoxy groups -OCH3 is 2. The molecule has 0 saturated heterocycles. The van der Waals surface area contributed by atoms with Gasteiger partial charge in [0, 0.05) is 32.4 Å². The Balaban J connectivity index is 1.77. The van der Waals surface area contributed by atoms with Gasteiger partial charge in [-0.3, -0.25) is 4.99 Å². The van der Waals surface area contributed by atoms with Crippen molar-refractivity contribution in [2.75, 3.05) is 34.4 Å². The molecule has 1 aromatic heterocycles. The van der Waals surface area contributed by atoms with Crippen LogP contribution in [0.1, 0.15) is 24.5 Å². The van der Waals surface area contributed by atoms with Crippen molar-refractivity contribution in [2.45, 2.75) is 26.3 Å². The normalized spacial score (nSPS) is 11.1. The van der Waals surface area contributed by atoms with E-state index in [-0.39, 0.29) is 0 Å². The molecule has 2 N–H and O–H groups in total. The minimum absolute atomic E-state index is 0.605. The number of benzene rings is 1. The summed E-state index contributed by atoms with van der Waals surface area (Å²) in [5.41, 5.74) is 2.30. The number of aryl methyl sites for hydroxylation is 1. The third kappa shape index (κ3) is 6.64. The zero-order chi connectivity index (χ0) is 20.2. The van der Waals surface area contributed by atoms with Crippen LogP contribution in [0.25, 0.3) is 0 Å². The van der Waals surface area contributed by atoms with Gasteiger partial charge in [-0.25, -0.2) is 4.98 Å². The number of rotatable bonds is 10. The van der Waals surface area contributed by atoms with Crippen molar-refractivity contribution in [3.8, 4) is 17.4 Å². The summed E-state index contributed by atoms with van der Waals surface area (Å²) in [5, 5.41) is 6.63. The molecule has 0 fully saturated rings. The summed E-state index contributed by atoms with van der Waals surface area (Å²) in [6.07, 6.45) is 3.65. The average Bonchev–Trinajstić information content (AvgIpc) is 2.74. The van der Waals surface area contributed by atoms with Gasteiger partial charge in [-0.05, 0) is 49.1 Å². The van der Waals surface area contributed by atoms with E-state index in [0.29, 0.717) is 19.0 Å². The lowest BCUT2D eigenvalue weighted by Gasteiger charge is -2.13. The molecule has 0 atom stereocenters. The summed E-state index contributed by atoms with van der Waals surface area (Å²) in [6, 6.07) is 9.93. The molecule has 0 aliphatic carbocycles. The molecule has 0 aliphatic rings. The molecular weight excluding hydrogens is 356 g/mol. The maximum atomic E-state index is 5.64. The summed E-state index contributed by atoms with van der Waals surface area (Å²) < 4.78 is 16.1. The van der Waals surface area contributed by atoms with E-state index in [9.17, 15) is 0 Å². The van der Waals surface area contributed by atoms with E-state index in [1.165, 1.54) is 5.56 Å². The smallest absolute Gasteiger partial charge is 0.213 e. The third-order valence-corrected chi connectivity index (χ3v) is 4.15. The standard InChI is InChI=1S/C21H30N4O3/c1-5-28-19-13-16(8-9-18(19)26-3)7-6-11-24-21(22-2)25-15-17-10-12-23-20(14-17)27-4/h8-10,12-14H,5-7,11,15H2,1-4H3,(H2,22,24,25). The van der Waals surface area contributed by atoms with Gasteiger partial charge >= 0.3 is 0 Å². The fourth-order valence-electron chi connectivity index (χ4n) is 2.72. The first-order valence-corrected chi connectivity index (χ1v) is 9.43. The minimum atomic E-state index is 0.605. The fraction of sp³-hybridized carbons (Fsp3) is 0.429. The van der Waals surface area contributed by atoms with Crippen LogP contribution in [-0.4, -0.2) is 45.4 Å². The highest BCUT2D eigenvalue weighted by atomic mass is 16.5. The van der Waals surface area contributed by atoms with E-state index in [1.54, 1.807) is 27.5 Å². The highest BCUT2D eigenvalue weighted by Crippen LogP contribution is 2.28. The highest BCUT2D eigenvalue weighted by Gasteiger charge is 2.06. The quantitative estimate of drug-likeness (QED) is 0.371. The predicted octanol–water partition coefficient (Wildman–Crippen LogP) is 2.80. The van der Waals surface area contributed by atoms with Gasteiger partial charge < -0.3 is 24.8 Å². The van der Waals surface area contributed by atoms with Gasteiger partial charge in [0.15, 0.2) is 17.5 Å². The van der Waals surface area contributed by atoms with Gasteiger partial charge in [0.05, 0.1) is 20.8 Å². The SMILES string of the molecule is CCOc1cc(CCCNC(=NC)NCc2ccnc(OC)c2)ccc1OC. The van der Waals surface area contributed by atoms with Crippen LogP contribution in [0, 0.1) is 0 Å². The first kappa shape index (κ1) is 21.3. The topological polar surface area (TPSA) is 77.0 Å². The van der Waals surface area contributed by atoms with Crippen LogP contribution < -0.4 is 24.8 Å². The van der Waals surface area contributed by atoms with Crippen molar-refractivity contribution in [3.05, 3.63) is 47.7 Å². The molecule has 0 saturated carbocycles. The monoisotopic (exact) mass is 386 g/mol. The van der Waals surface area contributed by atoms with E-state index in [2.05, 4.69) is 26.7 Å². The van der Waals surface area contributed by atoms with E-state index in [4.69, 9.17) is 14.2 Å². The van der Waals surface area contributed by atoms with Gasteiger partial charge in [-0.2, -0.15) is 0 Å². The summed E-state index contributed by atoms with van der Waals surface area (Å²) in [7, 11) is 5.03. The van der Waals surface area contributed by atoms with E-state index in [1.807, 2.05) is 31.2 Å². The van der Waals surface area contributed by atoms with Gasteiger partial charge in [0.2, 0.25) is 5.88 Å². The molecule has 0 bridgehead atoms. The largest absolute Gasteiger partial charge is 0.493 e. The molecule has 0 spiro atoms. The second-order valence-corrected chi connectivity index (χ2v) is 6.08. The molecule has 2 aromatic rings. The Morgan fingerprint density at radius 1 is 1.04 bits per heavy atom. The first-order chi connectivity index (χ1) is 13.7. The Labute approximate surface area is 167 Å². The molecule has 1 heterocycles. The number of aliphatic imine (C=N–C) groups is 1. The maximum Gasteiger partial charge on any atom is 0.213 e. The Kier molecular flexibility index (Phi) is 8.91. The van der Waals surface area contributed by atoms with Crippen molar-refractivity contribution in [1.82, 2.24) is 15.6 Å². The fourth-order valence-corrected chi connectivity index (χ4v) is 2.72. The number of ether oxygens (including phenoxy) is 3. The molecular formula is C21H30N4O3. The molecule has 0 unspecified atom stereocenters. The molecule has 2 rings (SSSR count). The van der Waals surface area contributed by atoms with Crippen molar-refractivity contribution in [3.63, 3.8) is 0 Å². The van der Waals surface area contributed by atoms with Crippen molar-refractivity contribution in [2.24, 2.45) is 4.99 Å². The average molecular weight is 386 g/mol. The van der Waals surface area contributed by atoms with E-state index >= 15 is 0 Å². The molecule has 1 aromatic carbocycles. The van der Waals surface area contributed by atoms with Gasteiger partial charge in [-0.1, -0.05) is 6.07 Å². The zero-order valence-electron chi connectivity index (χ0n) is 17.1. The predicted molar refractivity (Wildman–Crippen MR) is 111 cm³/mol. The highest BCUT2D eigenvalue weighted by molar-refractivity contribution is 5.79. The Bertz CT molecular complexity index is 765. The summed E-state index contributed by atoms with van der Waals surface area (Å²) in [6.45, 7) is 4.05. The van der Waals surface area contributed by atoms with Crippen LogP contribution in [0.3, 0.4) is 0 Å². The van der Waals surface area contributed by atoms with Crippen LogP contribution in [0.15, 0.2) is 41.5 Å². The van der Waals surface area contributed by atoms with Crippen LogP contribution in [0.2, 0.25) is 0 Å². The van der Waals surface area contributed by atoms with E-state index in [0.717, 1.165) is 42.4 Å². The zero-order valence-corrected chi connectivity index (χ0v) is 17.1. The lowest BCUT2D eigenvalue weighted by Crippen LogP contribution is -2.37. The van der Waals surface area contributed by atoms with Gasteiger partial charge in [0.25, 0.3) is 0 Å². The Hall–Kier alpha value is -2.96. The Morgan fingerprint density at radius 2 is 1.89 bits per heavy atom. The summed E-state index contributed by atoms with van der Waals surface area (Å²) in [4.78, 5) is 8.37. The second-order valence-electron chi connectivity index (χ2n) is 6.08. The van der Waals surface area contributed by atoms with Crippen molar-refractivity contribution in [1.29, 1.82) is 0 Å². The van der Waals surface area contributed by atoms with Crippen LogP contribution in [0.5, 0.6) is 17.4 Å². The Morgan fingerprint density at radius 3 is 2.61 bits per heavy atom. The number of hydrogen-bond acceptors (Lipinski definition) is 5. The van der Waals surface area contributed by atoms with Crippen LogP contribution in [-0.2, 0) is 13.0 Å². The molecule has 0 amide bonds.